The normalized spacial score (nSPS) is 19.7. The van der Waals surface area contributed by atoms with Crippen LogP contribution in [0, 0.1) is 0 Å². The van der Waals surface area contributed by atoms with Crippen molar-refractivity contribution in [3.05, 3.63) is 0 Å². The molecule has 0 unspecified atom stereocenters. The van der Waals surface area contributed by atoms with Crippen LogP contribution in [-0.2, 0) is 4.79 Å². The van der Waals surface area contributed by atoms with E-state index in [1.807, 2.05) is 6.41 Å². The smallest absolute Gasteiger partial charge is 0.131 e. The third-order valence-electron chi connectivity index (χ3n) is 1.24. The summed E-state index contributed by atoms with van der Waals surface area (Å²) in [6.45, 7) is 1.84. The third-order valence-corrected chi connectivity index (χ3v) is 1.24. The number of hydrogen-bond acceptors (Lipinski definition) is 1. The fraction of sp³-hybridized carbons (Fsp3) is 0.800. The summed E-state index contributed by atoms with van der Waals surface area (Å²) in [5, 5.41) is 0. The molecule has 1 saturated heterocycles. The Kier molecular flexibility index (Phi) is 1.23. The lowest BCUT2D eigenvalue weighted by atomic mass is 10.4. The maximum absolute atomic E-state index is 9.81. The Morgan fingerprint density at radius 3 is 2.14 bits per heavy atom. The Balaban J connectivity index is 2.26. The predicted octanol–water partition coefficient (Wildman–Crippen LogP) is 0.149. The van der Waals surface area contributed by atoms with Gasteiger partial charge in [-0.25, -0.2) is 0 Å². The van der Waals surface area contributed by atoms with Gasteiger partial charge in [0.05, 0.1) is 17.9 Å². The number of rotatable bonds is 1. The molecule has 1 heterocycles. The maximum atomic E-state index is 9.81. The molecule has 1 rings (SSSR count). The van der Waals surface area contributed by atoms with Gasteiger partial charge in [0.2, 0.25) is 0 Å². The van der Waals surface area contributed by atoms with E-state index >= 15 is 0 Å². The third kappa shape index (κ3) is 0.875. The van der Waals surface area contributed by atoms with Crippen LogP contribution in [0.25, 0.3) is 0 Å². The summed E-state index contributed by atoms with van der Waals surface area (Å²) in [5.74, 6) is 0. The van der Waals surface area contributed by atoms with Gasteiger partial charge in [-0.2, -0.15) is 0 Å². The zero-order valence-electron chi connectivity index (χ0n) is 4.18. The van der Waals surface area contributed by atoms with Gasteiger partial charge in [0, 0.05) is 0 Å². The quantitative estimate of drug-likeness (QED) is 0.427. The highest BCUT2D eigenvalue weighted by atomic mass is 16.1. The Morgan fingerprint density at radius 2 is 1.86 bits per heavy atom. The van der Waals surface area contributed by atoms with E-state index in [0.29, 0.717) is 0 Å². The number of nitrogens with zero attached hydrogens (tertiary/aromatic N) is 1. The topological polar surface area (TPSA) is 20.3 Å². The highest BCUT2D eigenvalue weighted by Crippen LogP contribution is 2.02. The molecule has 1 amide bonds. The molecule has 2 nitrogen and oxygen atoms in total. The molecule has 0 aliphatic carbocycles. The Hall–Kier alpha value is -0.620. The molecule has 1 aliphatic rings. The summed E-state index contributed by atoms with van der Waals surface area (Å²) in [5.41, 5.74) is 0. The van der Waals surface area contributed by atoms with Gasteiger partial charge in [0.15, 0.2) is 0 Å². The molecule has 7 heavy (non-hydrogen) atoms. The van der Waals surface area contributed by atoms with Gasteiger partial charge in [0.1, 0.15) is 0 Å². The van der Waals surface area contributed by atoms with Crippen molar-refractivity contribution < 1.29 is 4.79 Å². The van der Waals surface area contributed by atoms with Crippen molar-refractivity contribution in [2.24, 2.45) is 0 Å². The molecule has 0 aromatic rings. The van der Waals surface area contributed by atoms with Gasteiger partial charge in [-0.1, -0.05) is 0 Å². The summed E-state index contributed by atoms with van der Waals surface area (Å²) < 4.78 is 0. The van der Waals surface area contributed by atoms with Gasteiger partial charge in [-0.15, -0.1) is 4.90 Å². The van der Waals surface area contributed by atoms with Crippen LogP contribution in [0.5, 0.6) is 0 Å². The largest absolute Gasteiger partial charge is 0.667 e. The first-order chi connectivity index (χ1) is 3.43. The monoisotopic (exact) mass is 98.1 g/mol. The highest BCUT2D eigenvalue weighted by Gasteiger charge is 2.19. The summed E-state index contributed by atoms with van der Waals surface area (Å²) in [6, 6.07) is 0. The zero-order valence-corrected chi connectivity index (χ0v) is 4.18. The van der Waals surface area contributed by atoms with Crippen LogP contribution in [0.1, 0.15) is 12.8 Å². The fourth-order valence-electron chi connectivity index (χ4n) is 0.808. The lowest BCUT2D eigenvalue weighted by Gasteiger charge is -1.85. The second-order valence-electron chi connectivity index (χ2n) is 1.79. The van der Waals surface area contributed by atoms with Crippen molar-refractivity contribution in [3.8, 4) is 0 Å². The lowest BCUT2D eigenvalue weighted by molar-refractivity contribution is 0.440. The van der Waals surface area contributed by atoms with Gasteiger partial charge < -0.3 is 0 Å². The molecular formula is C5H8NO+. The van der Waals surface area contributed by atoms with Crippen molar-refractivity contribution in [1.82, 2.24) is 4.90 Å². The van der Waals surface area contributed by atoms with Crippen LogP contribution in [0.4, 0.5) is 0 Å². The minimum Gasteiger partial charge on any atom is -0.131 e. The first kappa shape index (κ1) is 4.54. The molecule has 38 valence electrons. The number of carbonyl (C=O) groups excluding carboxylic acids is 1. The van der Waals surface area contributed by atoms with Crippen molar-refractivity contribution in [3.63, 3.8) is 0 Å². The van der Waals surface area contributed by atoms with Gasteiger partial charge in [-0.05, 0) is 12.8 Å². The molecular weight excluding hydrogens is 90.1 g/mol. The van der Waals surface area contributed by atoms with Gasteiger partial charge in [-0.3, -0.25) is 0 Å². The van der Waals surface area contributed by atoms with Crippen LogP contribution in [-0.4, -0.2) is 24.4 Å². The fourth-order valence-corrected chi connectivity index (χ4v) is 0.808. The predicted molar refractivity (Wildman–Crippen MR) is 26.5 cm³/mol. The molecule has 0 aromatic carbocycles. The average molecular weight is 98.1 g/mol. The minimum absolute atomic E-state index is 0.920. The van der Waals surface area contributed by atoms with E-state index < -0.39 is 0 Å². The minimum atomic E-state index is 0.920. The summed E-state index contributed by atoms with van der Waals surface area (Å²) in [4.78, 5) is 11.5. The average Bonchev–Trinajstić information content (AvgIpc) is 2.14. The summed E-state index contributed by atoms with van der Waals surface area (Å²) in [6.07, 6.45) is 4.17. The van der Waals surface area contributed by atoms with E-state index in [9.17, 15) is 4.79 Å². The first-order valence-corrected chi connectivity index (χ1v) is 2.56. The molecule has 0 atom stereocenters. The second-order valence-corrected chi connectivity index (χ2v) is 1.79. The van der Waals surface area contributed by atoms with Crippen molar-refractivity contribution in [1.29, 1.82) is 0 Å². The molecule has 0 spiro atoms. The number of amides is 1. The summed E-state index contributed by atoms with van der Waals surface area (Å²) >= 11 is 0. The number of hydrogen-bond donors (Lipinski definition) is 0. The second kappa shape index (κ2) is 1.90. The SMILES string of the molecule is O=[C+]N1CCCC1. The zero-order chi connectivity index (χ0) is 5.11. The van der Waals surface area contributed by atoms with E-state index in [0.717, 1.165) is 25.9 Å². The molecule has 2 heteroatoms. The molecule has 0 N–H and O–H groups in total. The van der Waals surface area contributed by atoms with Crippen LogP contribution in [0.2, 0.25) is 0 Å². The first-order valence-electron chi connectivity index (χ1n) is 2.56. The van der Waals surface area contributed by atoms with E-state index in [1.54, 1.807) is 4.90 Å². The van der Waals surface area contributed by atoms with Crippen molar-refractivity contribution in [2.75, 3.05) is 13.1 Å². The van der Waals surface area contributed by atoms with E-state index in [2.05, 4.69) is 0 Å². The van der Waals surface area contributed by atoms with E-state index in [4.69, 9.17) is 0 Å². The van der Waals surface area contributed by atoms with Crippen LogP contribution in [0.3, 0.4) is 0 Å². The standard InChI is InChI=1S/C5H8NO/c7-5-6-3-1-2-4-6/h1-4H2/q+1. The Morgan fingerprint density at radius 1 is 1.29 bits per heavy atom. The maximum Gasteiger partial charge on any atom is 0.667 e. The Bertz CT molecular complexity index is 66.5. The van der Waals surface area contributed by atoms with Gasteiger partial charge >= 0.3 is 6.41 Å². The molecule has 0 saturated carbocycles. The molecule has 0 bridgehead atoms. The van der Waals surface area contributed by atoms with Crippen molar-refractivity contribution >= 4 is 6.41 Å². The Labute approximate surface area is 43.1 Å². The van der Waals surface area contributed by atoms with Crippen LogP contribution < -0.4 is 0 Å². The summed E-state index contributed by atoms with van der Waals surface area (Å²) in [7, 11) is 0. The van der Waals surface area contributed by atoms with E-state index in [1.165, 1.54) is 0 Å². The van der Waals surface area contributed by atoms with Crippen LogP contribution in [0.15, 0.2) is 0 Å². The van der Waals surface area contributed by atoms with Gasteiger partial charge in [0.25, 0.3) is 0 Å². The highest BCUT2D eigenvalue weighted by molar-refractivity contribution is 5.48. The lowest BCUT2D eigenvalue weighted by Crippen LogP contribution is -2.15. The molecule has 1 fully saturated rings. The van der Waals surface area contributed by atoms with E-state index in [-0.39, 0.29) is 0 Å². The molecule has 0 radical (unpaired) electrons. The molecule has 0 aromatic heterocycles. The molecule has 1 aliphatic heterocycles. The number of likely N-dealkylation sites (tertiary alicyclic amines) is 1. The van der Waals surface area contributed by atoms with Crippen molar-refractivity contribution in [2.45, 2.75) is 12.8 Å². The van der Waals surface area contributed by atoms with Crippen LogP contribution >= 0.6 is 0 Å².